The minimum absolute atomic E-state index is 0.0477. The van der Waals surface area contributed by atoms with E-state index in [-0.39, 0.29) is 17.9 Å². The first-order chi connectivity index (χ1) is 14.0. The monoisotopic (exact) mass is 409 g/mol. The number of thiazole rings is 1. The zero-order chi connectivity index (χ0) is 20.4. The van der Waals surface area contributed by atoms with Crippen LogP contribution in [0.15, 0.2) is 42.0 Å². The second kappa shape index (κ2) is 8.16. The summed E-state index contributed by atoms with van der Waals surface area (Å²) in [6.07, 6.45) is 5.11. The maximum atomic E-state index is 12.8. The lowest BCUT2D eigenvalue weighted by atomic mass is 10.0. The van der Waals surface area contributed by atoms with Gasteiger partial charge in [0.1, 0.15) is 10.7 Å². The lowest BCUT2D eigenvalue weighted by molar-refractivity contribution is 0.0693. The Bertz CT molecular complexity index is 1030. The number of hydrogen-bond donors (Lipinski definition) is 1. The largest absolute Gasteiger partial charge is 0.349 e. The van der Waals surface area contributed by atoms with Crippen LogP contribution in [0, 0.1) is 6.92 Å². The molecule has 3 aromatic rings. The molecule has 1 aliphatic rings. The summed E-state index contributed by atoms with van der Waals surface area (Å²) in [5, 5.41) is 9.85. The Kier molecular flexibility index (Phi) is 5.44. The van der Waals surface area contributed by atoms with Crippen molar-refractivity contribution in [2.75, 3.05) is 13.1 Å². The molecule has 1 N–H and O–H groups in total. The average Bonchev–Trinajstić information content (AvgIpc) is 3.37. The molecule has 29 heavy (non-hydrogen) atoms. The number of carbonyl (C=O) groups is 2. The predicted molar refractivity (Wildman–Crippen MR) is 112 cm³/mol. The van der Waals surface area contributed by atoms with Gasteiger partial charge in [0.2, 0.25) is 0 Å². The van der Waals surface area contributed by atoms with Gasteiger partial charge in [0.25, 0.3) is 11.8 Å². The molecule has 1 fully saturated rings. The molecule has 0 saturated carbocycles. The summed E-state index contributed by atoms with van der Waals surface area (Å²) < 4.78 is 1.72. The Morgan fingerprint density at radius 3 is 2.66 bits per heavy atom. The first kappa shape index (κ1) is 19.3. The van der Waals surface area contributed by atoms with Crippen LogP contribution in [0.4, 0.5) is 0 Å². The summed E-state index contributed by atoms with van der Waals surface area (Å²) in [7, 11) is 1.85. The Morgan fingerprint density at radius 2 is 1.97 bits per heavy atom. The minimum atomic E-state index is -0.0555. The van der Waals surface area contributed by atoms with Crippen LogP contribution >= 0.6 is 11.3 Å². The molecule has 0 spiro atoms. The van der Waals surface area contributed by atoms with Crippen LogP contribution in [0.25, 0.3) is 10.6 Å². The molecule has 7 nitrogen and oxygen atoms in total. The number of nitrogens with zero attached hydrogens (tertiary/aromatic N) is 4. The van der Waals surface area contributed by atoms with Gasteiger partial charge in [-0.05, 0) is 31.4 Å². The molecule has 4 rings (SSSR count). The third kappa shape index (κ3) is 4.22. The fourth-order valence-electron chi connectivity index (χ4n) is 3.52. The highest BCUT2D eigenvalue weighted by Gasteiger charge is 2.26. The van der Waals surface area contributed by atoms with Crippen molar-refractivity contribution in [3.05, 3.63) is 58.9 Å². The molecule has 1 saturated heterocycles. The van der Waals surface area contributed by atoms with Crippen LogP contribution in [0.3, 0.4) is 0 Å². The van der Waals surface area contributed by atoms with E-state index >= 15 is 0 Å². The van der Waals surface area contributed by atoms with Crippen molar-refractivity contribution in [1.29, 1.82) is 0 Å². The number of rotatable bonds is 4. The van der Waals surface area contributed by atoms with Crippen LogP contribution in [0.5, 0.6) is 0 Å². The number of hydrogen-bond acceptors (Lipinski definition) is 5. The Balaban J connectivity index is 1.34. The molecule has 3 heterocycles. The van der Waals surface area contributed by atoms with Crippen LogP contribution in [0.2, 0.25) is 0 Å². The van der Waals surface area contributed by atoms with E-state index in [1.54, 1.807) is 16.3 Å². The molecule has 1 aliphatic heterocycles. The molecular formula is C21H23N5O2S. The van der Waals surface area contributed by atoms with Crippen LogP contribution < -0.4 is 5.32 Å². The van der Waals surface area contributed by atoms with Crippen molar-refractivity contribution >= 4 is 23.2 Å². The molecular weight excluding hydrogens is 386 g/mol. The van der Waals surface area contributed by atoms with Crippen molar-refractivity contribution in [3.63, 3.8) is 0 Å². The standard InChI is InChI=1S/C21H23N5O2S/c1-14-5-3-4-6-17(14)19(27)23-16-7-9-26(10-8-16)21(28)18-13-29-20(24-18)15-11-22-25(2)12-15/h3-6,11-13,16H,7-10H2,1-2H3,(H,23,27). The van der Waals surface area contributed by atoms with Gasteiger partial charge in [0.05, 0.1) is 6.20 Å². The van der Waals surface area contributed by atoms with E-state index in [4.69, 9.17) is 0 Å². The number of benzene rings is 1. The van der Waals surface area contributed by atoms with Gasteiger partial charge in [0.15, 0.2) is 0 Å². The third-order valence-corrected chi connectivity index (χ3v) is 6.07. The van der Waals surface area contributed by atoms with Gasteiger partial charge < -0.3 is 10.2 Å². The number of aromatic nitrogens is 3. The van der Waals surface area contributed by atoms with Crippen LogP contribution in [-0.2, 0) is 7.05 Å². The Morgan fingerprint density at radius 1 is 1.21 bits per heavy atom. The second-order valence-electron chi connectivity index (χ2n) is 7.30. The normalized spacial score (nSPS) is 14.8. The van der Waals surface area contributed by atoms with Gasteiger partial charge in [0, 0.05) is 48.9 Å². The minimum Gasteiger partial charge on any atom is -0.349 e. The number of aryl methyl sites for hydroxylation is 2. The van der Waals surface area contributed by atoms with Gasteiger partial charge in [-0.3, -0.25) is 14.3 Å². The van der Waals surface area contributed by atoms with Crippen molar-refractivity contribution < 1.29 is 9.59 Å². The molecule has 0 unspecified atom stereocenters. The number of nitrogens with one attached hydrogen (secondary N) is 1. The Hall–Kier alpha value is -3.00. The molecule has 2 aromatic heterocycles. The lowest BCUT2D eigenvalue weighted by Crippen LogP contribution is -2.46. The van der Waals surface area contributed by atoms with E-state index in [2.05, 4.69) is 15.4 Å². The van der Waals surface area contributed by atoms with E-state index in [0.717, 1.165) is 29.0 Å². The summed E-state index contributed by atoms with van der Waals surface area (Å²) >= 11 is 1.45. The predicted octanol–water partition coefficient (Wildman–Crippen LogP) is 2.89. The number of piperidine rings is 1. The van der Waals surface area contributed by atoms with Gasteiger partial charge in [-0.15, -0.1) is 11.3 Å². The summed E-state index contributed by atoms with van der Waals surface area (Å²) in [5.74, 6) is -0.103. The molecule has 0 atom stereocenters. The molecule has 150 valence electrons. The zero-order valence-corrected chi connectivity index (χ0v) is 17.3. The molecule has 2 amide bonds. The van der Waals surface area contributed by atoms with E-state index in [0.29, 0.717) is 24.3 Å². The topological polar surface area (TPSA) is 80.1 Å². The first-order valence-corrected chi connectivity index (χ1v) is 10.5. The van der Waals surface area contributed by atoms with E-state index in [9.17, 15) is 9.59 Å². The molecule has 8 heteroatoms. The summed E-state index contributed by atoms with van der Waals surface area (Å²) in [4.78, 5) is 31.6. The van der Waals surface area contributed by atoms with Crippen molar-refractivity contribution in [2.24, 2.45) is 7.05 Å². The highest BCUT2D eigenvalue weighted by Crippen LogP contribution is 2.24. The smallest absolute Gasteiger partial charge is 0.273 e. The molecule has 0 radical (unpaired) electrons. The summed E-state index contributed by atoms with van der Waals surface area (Å²) in [6, 6.07) is 7.65. The SMILES string of the molecule is Cc1ccccc1C(=O)NC1CCN(C(=O)c2csc(-c3cnn(C)c3)n2)CC1. The quantitative estimate of drug-likeness (QED) is 0.719. The van der Waals surface area contributed by atoms with Crippen LogP contribution in [0.1, 0.15) is 39.3 Å². The maximum Gasteiger partial charge on any atom is 0.273 e. The lowest BCUT2D eigenvalue weighted by Gasteiger charge is -2.32. The number of carbonyl (C=O) groups excluding carboxylic acids is 2. The molecule has 0 aliphatic carbocycles. The van der Waals surface area contributed by atoms with Crippen molar-refractivity contribution in [1.82, 2.24) is 25.0 Å². The van der Waals surface area contributed by atoms with Crippen molar-refractivity contribution in [3.8, 4) is 10.6 Å². The van der Waals surface area contributed by atoms with Gasteiger partial charge in [-0.25, -0.2) is 4.98 Å². The fourth-order valence-corrected chi connectivity index (χ4v) is 4.29. The Labute approximate surface area is 173 Å². The van der Waals surface area contributed by atoms with Crippen LogP contribution in [-0.4, -0.2) is 50.6 Å². The zero-order valence-electron chi connectivity index (χ0n) is 16.5. The van der Waals surface area contributed by atoms with Gasteiger partial charge in [-0.1, -0.05) is 18.2 Å². The fraction of sp³-hybridized carbons (Fsp3) is 0.333. The van der Waals surface area contributed by atoms with Gasteiger partial charge >= 0.3 is 0 Å². The number of amides is 2. The van der Waals surface area contributed by atoms with Crippen molar-refractivity contribution in [2.45, 2.75) is 25.8 Å². The first-order valence-electron chi connectivity index (χ1n) is 9.61. The highest BCUT2D eigenvalue weighted by molar-refractivity contribution is 7.13. The van der Waals surface area contributed by atoms with E-state index in [1.165, 1.54) is 11.3 Å². The highest BCUT2D eigenvalue weighted by atomic mass is 32.1. The third-order valence-electron chi connectivity index (χ3n) is 5.18. The maximum absolute atomic E-state index is 12.8. The average molecular weight is 410 g/mol. The van der Waals surface area contributed by atoms with Gasteiger partial charge in [-0.2, -0.15) is 5.10 Å². The van der Waals surface area contributed by atoms with E-state index < -0.39 is 0 Å². The second-order valence-corrected chi connectivity index (χ2v) is 8.15. The molecule has 0 bridgehead atoms. The summed E-state index contributed by atoms with van der Waals surface area (Å²) in [5.41, 5.74) is 3.05. The van der Waals surface area contributed by atoms with E-state index in [1.807, 2.05) is 49.3 Å². The molecule has 1 aromatic carbocycles. The number of likely N-dealkylation sites (tertiary alicyclic amines) is 1. The summed E-state index contributed by atoms with van der Waals surface area (Å²) in [6.45, 7) is 3.15.